The highest BCUT2D eigenvalue weighted by Gasteiger charge is 2.17. The minimum atomic E-state index is -0.838. The first-order valence-electron chi connectivity index (χ1n) is 5.79. The van der Waals surface area contributed by atoms with Gasteiger partial charge in [0.15, 0.2) is 5.16 Å². The van der Waals surface area contributed by atoms with Gasteiger partial charge in [-0.05, 0) is 20.8 Å². The molecule has 1 atom stereocenters. The van der Waals surface area contributed by atoms with Gasteiger partial charge in [0.1, 0.15) is 5.01 Å². The Morgan fingerprint density at radius 3 is 2.79 bits per heavy atom. The number of imidazole rings is 1. The number of thiazole rings is 1. The number of hydrogen-bond acceptors (Lipinski definition) is 5. The number of rotatable bonds is 5. The summed E-state index contributed by atoms with van der Waals surface area (Å²) in [5.41, 5.74) is 1.89. The number of hydrogen-bond donors (Lipinski definition) is 1. The second-order valence-electron chi connectivity index (χ2n) is 4.26. The predicted octanol–water partition coefficient (Wildman–Crippen LogP) is 2.74. The van der Waals surface area contributed by atoms with E-state index in [4.69, 9.17) is 5.11 Å². The van der Waals surface area contributed by atoms with Gasteiger partial charge < -0.3 is 9.67 Å². The van der Waals surface area contributed by atoms with Crippen molar-refractivity contribution in [1.82, 2.24) is 14.5 Å². The van der Waals surface area contributed by atoms with Crippen LogP contribution in [0.4, 0.5) is 0 Å². The van der Waals surface area contributed by atoms with Crippen LogP contribution < -0.4 is 0 Å². The zero-order valence-corrected chi connectivity index (χ0v) is 12.6. The first-order valence-corrected chi connectivity index (χ1v) is 7.66. The van der Waals surface area contributed by atoms with Gasteiger partial charge in [-0.1, -0.05) is 11.8 Å². The van der Waals surface area contributed by atoms with Crippen molar-refractivity contribution in [1.29, 1.82) is 0 Å². The van der Waals surface area contributed by atoms with Crippen molar-refractivity contribution in [2.45, 2.75) is 32.0 Å². The van der Waals surface area contributed by atoms with Gasteiger partial charge in [-0.25, -0.2) is 9.97 Å². The molecule has 7 heteroatoms. The summed E-state index contributed by atoms with van der Waals surface area (Å²) in [6, 6.07) is 0.0659. The lowest BCUT2D eigenvalue weighted by Gasteiger charge is -2.13. The quantitative estimate of drug-likeness (QED) is 0.859. The maximum Gasteiger partial charge on any atom is 0.313 e. The molecule has 2 aromatic heterocycles. The van der Waals surface area contributed by atoms with Gasteiger partial charge in [-0.15, -0.1) is 11.3 Å². The van der Waals surface area contributed by atoms with Crippen LogP contribution in [0.2, 0.25) is 0 Å². The van der Waals surface area contributed by atoms with Gasteiger partial charge in [0.05, 0.1) is 17.5 Å². The summed E-state index contributed by atoms with van der Waals surface area (Å²) in [6.45, 7) is 5.91. The average molecular weight is 297 g/mol. The normalized spacial score (nSPS) is 12.6. The number of aryl methyl sites for hydroxylation is 2. The topological polar surface area (TPSA) is 68.0 Å². The van der Waals surface area contributed by atoms with E-state index in [2.05, 4.69) is 9.97 Å². The van der Waals surface area contributed by atoms with Crippen LogP contribution in [0.15, 0.2) is 16.7 Å². The second kappa shape index (κ2) is 5.75. The molecule has 0 aliphatic carbocycles. The van der Waals surface area contributed by atoms with Crippen LogP contribution in [-0.2, 0) is 4.79 Å². The number of aliphatic carboxylic acids is 1. The Balaban J connectivity index is 2.25. The summed E-state index contributed by atoms with van der Waals surface area (Å²) in [7, 11) is 0. The van der Waals surface area contributed by atoms with Crippen LogP contribution in [-0.4, -0.2) is 31.4 Å². The van der Waals surface area contributed by atoms with E-state index >= 15 is 0 Å². The van der Waals surface area contributed by atoms with E-state index in [0.29, 0.717) is 0 Å². The number of aromatic nitrogens is 3. The Bertz CT molecular complexity index is 592. The van der Waals surface area contributed by atoms with Crippen LogP contribution >= 0.6 is 23.1 Å². The van der Waals surface area contributed by atoms with E-state index in [0.717, 1.165) is 21.6 Å². The molecule has 0 aliphatic rings. The lowest BCUT2D eigenvalue weighted by atomic mass is 10.3. The third kappa shape index (κ3) is 3.36. The molecule has 102 valence electrons. The molecular formula is C12H15N3O2S2. The summed E-state index contributed by atoms with van der Waals surface area (Å²) < 4.78 is 1.99. The summed E-state index contributed by atoms with van der Waals surface area (Å²) in [5.74, 6) is -0.824. The Morgan fingerprint density at radius 2 is 2.21 bits per heavy atom. The lowest BCUT2D eigenvalue weighted by molar-refractivity contribution is -0.133. The van der Waals surface area contributed by atoms with E-state index < -0.39 is 5.97 Å². The van der Waals surface area contributed by atoms with E-state index in [-0.39, 0.29) is 11.8 Å². The largest absolute Gasteiger partial charge is 0.481 e. The van der Waals surface area contributed by atoms with Crippen LogP contribution in [0.25, 0.3) is 0 Å². The Morgan fingerprint density at radius 1 is 1.47 bits per heavy atom. The van der Waals surface area contributed by atoms with Gasteiger partial charge >= 0.3 is 5.97 Å². The fraction of sp³-hybridized carbons (Fsp3) is 0.417. The average Bonchev–Trinajstić information content (AvgIpc) is 2.92. The van der Waals surface area contributed by atoms with Crippen molar-refractivity contribution >= 4 is 29.1 Å². The molecule has 0 aliphatic heterocycles. The maximum absolute atomic E-state index is 10.7. The predicted molar refractivity (Wildman–Crippen MR) is 76.0 cm³/mol. The summed E-state index contributed by atoms with van der Waals surface area (Å²) >= 11 is 2.84. The van der Waals surface area contributed by atoms with Gasteiger partial charge in [0, 0.05) is 17.3 Å². The maximum atomic E-state index is 10.7. The number of carbonyl (C=O) groups is 1. The first-order chi connectivity index (χ1) is 8.97. The minimum Gasteiger partial charge on any atom is -0.481 e. The highest BCUT2D eigenvalue weighted by Crippen LogP contribution is 2.27. The monoisotopic (exact) mass is 297 g/mol. The highest BCUT2D eigenvalue weighted by molar-refractivity contribution is 7.99. The molecule has 1 N–H and O–H groups in total. The standard InChI is InChI=1S/C12H15N3O2S2/c1-7-4-15(12(14-7)19-6-10(16)17)9(3)11-13-8(2)5-18-11/h4-5,9H,6H2,1-3H3,(H,16,17). The smallest absolute Gasteiger partial charge is 0.313 e. The fourth-order valence-corrected chi connectivity index (χ4v) is 3.36. The Hall–Kier alpha value is -1.34. The van der Waals surface area contributed by atoms with E-state index in [9.17, 15) is 4.79 Å². The van der Waals surface area contributed by atoms with E-state index in [1.807, 2.05) is 36.9 Å². The van der Waals surface area contributed by atoms with Gasteiger partial charge in [0.2, 0.25) is 0 Å². The summed E-state index contributed by atoms with van der Waals surface area (Å²) in [4.78, 5) is 19.5. The molecule has 2 heterocycles. The highest BCUT2D eigenvalue weighted by atomic mass is 32.2. The van der Waals surface area contributed by atoms with Gasteiger partial charge in [-0.3, -0.25) is 4.79 Å². The SMILES string of the molecule is Cc1csc(C(C)n2cc(C)nc2SCC(=O)O)n1. The Kier molecular flexibility index (Phi) is 4.26. The number of carboxylic acid groups (broad SMARTS) is 1. The van der Waals surface area contributed by atoms with E-state index in [1.165, 1.54) is 11.8 Å². The lowest BCUT2D eigenvalue weighted by Crippen LogP contribution is -2.08. The summed E-state index contributed by atoms with van der Waals surface area (Å²) in [6.07, 6.45) is 1.94. The number of carboxylic acids is 1. The molecular weight excluding hydrogens is 282 g/mol. The van der Waals surface area contributed by atoms with Crippen molar-refractivity contribution in [3.05, 3.63) is 28.0 Å². The zero-order chi connectivity index (χ0) is 14.0. The van der Waals surface area contributed by atoms with Crippen LogP contribution in [0.5, 0.6) is 0 Å². The van der Waals surface area contributed by atoms with E-state index in [1.54, 1.807) is 11.3 Å². The molecule has 0 bridgehead atoms. The Labute approximate surface area is 119 Å². The molecule has 0 amide bonds. The van der Waals surface area contributed by atoms with Crippen molar-refractivity contribution in [3.63, 3.8) is 0 Å². The van der Waals surface area contributed by atoms with Crippen LogP contribution in [0.3, 0.4) is 0 Å². The van der Waals surface area contributed by atoms with Crippen molar-refractivity contribution in [2.24, 2.45) is 0 Å². The van der Waals surface area contributed by atoms with Crippen molar-refractivity contribution < 1.29 is 9.90 Å². The molecule has 0 spiro atoms. The van der Waals surface area contributed by atoms with Gasteiger partial charge in [0.25, 0.3) is 0 Å². The third-order valence-corrected chi connectivity index (χ3v) is 4.64. The molecule has 0 fully saturated rings. The minimum absolute atomic E-state index is 0.0140. The fourth-order valence-electron chi connectivity index (χ4n) is 1.69. The van der Waals surface area contributed by atoms with Crippen LogP contribution in [0.1, 0.15) is 29.4 Å². The molecule has 5 nitrogen and oxygen atoms in total. The first kappa shape index (κ1) is 14.1. The van der Waals surface area contributed by atoms with Crippen LogP contribution in [0, 0.1) is 13.8 Å². The van der Waals surface area contributed by atoms with Crippen molar-refractivity contribution in [3.8, 4) is 0 Å². The molecule has 1 unspecified atom stereocenters. The van der Waals surface area contributed by atoms with Gasteiger partial charge in [-0.2, -0.15) is 0 Å². The molecule has 2 rings (SSSR count). The number of nitrogens with zero attached hydrogens (tertiary/aromatic N) is 3. The summed E-state index contributed by atoms with van der Waals surface area (Å²) in [5, 5.41) is 12.5. The molecule has 19 heavy (non-hydrogen) atoms. The molecule has 0 saturated heterocycles. The molecule has 0 radical (unpaired) electrons. The molecule has 2 aromatic rings. The molecule has 0 aromatic carbocycles. The zero-order valence-electron chi connectivity index (χ0n) is 11.0. The second-order valence-corrected chi connectivity index (χ2v) is 6.09. The third-order valence-electron chi connectivity index (χ3n) is 2.55. The molecule has 0 saturated carbocycles. The van der Waals surface area contributed by atoms with Crippen molar-refractivity contribution in [2.75, 3.05) is 5.75 Å². The number of thioether (sulfide) groups is 1.